The lowest BCUT2D eigenvalue weighted by atomic mass is 9.98. The highest BCUT2D eigenvalue weighted by molar-refractivity contribution is 5.66. The maximum atomic E-state index is 10.3. The molecule has 1 N–H and O–H groups in total. The summed E-state index contributed by atoms with van der Waals surface area (Å²) in [4.78, 5) is 12.8. The highest BCUT2D eigenvalue weighted by Crippen LogP contribution is 2.35. The summed E-state index contributed by atoms with van der Waals surface area (Å²) in [6, 6.07) is 1.41. The second kappa shape index (κ2) is 3.05. The lowest BCUT2D eigenvalue weighted by molar-refractivity contribution is -0.137. The molecule has 0 aromatic carbocycles. The molecule has 68 valence electrons. The number of likely N-dealkylation sites (tertiary alicyclic amines) is 1. The Morgan fingerprint density at radius 2 is 2.17 bits per heavy atom. The van der Waals surface area contributed by atoms with Gasteiger partial charge in [-0.3, -0.25) is 9.69 Å². The Labute approximate surface area is 72.4 Å². The van der Waals surface area contributed by atoms with Gasteiger partial charge in [-0.1, -0.05) is 0 Å². The van der Waals surface area contributed by atoms with Gasteiger partial charge in [-0.15, -0.1) is 0 Å². The molecule has 1 heterocycles. The van der Waals surface area contributed by atoms with E-state index in [0.717, 1.165) is 12.5 Å². The second-order valence-corrected chi connectivity index (χ2v) is 3.84. The predicted octanol–water partition coefficient (Wildman–Crippen LogP) is 1.09. The molecule has 2 rings (SSSR count). The van der Waals surface area contributed by atoms with E-state index < -0.39 is 5.97 Å². The molecule has 0 aromatic heterocycles. The minimum Gasteiger partial charge on any atom is -0.481 e. The number of hydrogen-bond donors (Lipinski definition) is 1. The van der Waals surface area contributed by atoms with Crippen LogP contribution in [-0.2, 0) is 4.79 Å². The van der Waals surface area contributed by atoms with Crippen LogP contribution in [0.2, 0.25) is 0 Å². The molecule has 2 aliphatic rings. The third-order valence-corrected chi connectivity index (χ3v) is 2.90. The first-order valence-corrected chi connectivity index (χ1v) is 4.75. The zero-order valence-electron chi connectivity index (χ0n) is 7.20. The molecule has 1 atom stereocenters. The SMILES string of the molecule is O=C(O)CCC1CCN1C1CC1. The average molecular weight is 169 g/mol. The van der Waals surface area contributed by atoms with Gasteiger partial charge in [-0.25, -0.2) is 0 Å². The van der Waals surface area contributed by atoms with E-state index in [1.165, 1.54) is 25.8 Å². The zero-order valence-corrected chi connectivity index (χ0v) is 7.20. The van der Waals surface area contributed by atoms with E-state index in [0.29, 0.717) is 12.5 Å². The van der Waals surface area contributed by atoms with Gasteiger partial charge in [-0.05, 0) is 25.7 Å². The second-order valence-electron chi connectivity index (χ2n) is 3.84. The smallest absolute Gasteiger partial charge is 0.303 e. The van der Waals surface area contributed by atoms with Crippen LogP contribution in [0.1, 0.15) is 32.1 Å². The van der Waals surface area contributed by atoms with Crippen molar-refractivity contribution >= 4 is 5.97 Å². The Bertz CT molecular complexity index is 189. The number of carboxylic acid groups (broad SMARTS) is 1. The zero-order chi connectivity index (χ0) is 8.55. The van der Waals surface area contributed by atoms with E-state index in [1.54, 1.807) is 0 Å². The first-order valence-electron chi connectivity index (χ1n) is 4.75. The Kier molecular flexibility index (Phi) is 2.05. The maximum absolute atomic E-state index is 10.3. The normalized spacial score (nSPS) is 29.8. The molecule has 1 saturated heterocycles. The number of carbonyl (C=O) groups is 1. The van der Waals surface area contributed by atoms with E-state index in [2.05, 4.69) is 4.90 Å². The van der Waals surface area contributed by atoms with Crippen molar-refractivity contribution < 1.29 is 9.90 Å². The topological polar surface area (TPSA) is 40.5 Å². The van der Waals surface area contributed by atoms with Gasteiger partial charge in [0.1, 0.15) is 0 Å². The van der Waals surface area contributed by atoms with E-state index >= 15 is 0 Å². The standard InChI is InChI=1S/C9H15NO2/c11-9(12)4-3-8-5-6-10(8)7-1-2-7/h7-8H,1-6H2,(H,11,12). The summed E-state index contributed by atoms with van der Waals surface area (Å²) in [5, 5.41) is 8.50. The maximum Gasteiger partial charge on any atom is 0.303 e. The Balaban J connectivity index is 1.70. The number of aliphatic carboxylic acids is 1. The van der Waals surface area contributed by atoms with Gasteiger partial charge in [0.15, 0.2) is 0 Å². The molecule has 0 bridgehead atoms. The van der Waals surface area contributed by atoms with E-state index in [-0.39, 0.29) is 0 Å². The van der Waals surface area contributed by atoms with Gasteiger partial charge < -0.3 is 5.11 Å². The van der Waals surface area contributed by atoms with E-state index in [4.69, 9.17) is 5.11 Å². The van der Waals surface area contributed by atoms with Crippen LogP contribution in [0.15, 0.2) is 0 Å². The molecule has 3 heteroatoms. The van der Waals surface area contributed by atoms with Crippen LogP contribution in [-0.4, -0.2) is 34.6 Å². The number of nitrogens with zero attached hydrogens (tertiary/aromatic N) is 1. The Hall–Kier alpha value is -0.570. The molecule has 0 spiro atoms. The van der Waals surface area contributed by atoms with Gasteiger partial charge in [0.25, 0.3) is 0 Å². The molecular weight excluding hydrogens is 154 g/mol. The van der Waals surface area contributed by atoms with Crippen molar-refractivity contribution in [3.05, 3.63) is 0 Å². The van der Waals surface area contributed by atoms with Crippen LogP contribution in [0.5, 0.6) is 0 Å². The first kappa shape index (κ1) is 8.05. The minimum absolute atomic E-state index is 0.341. The molecule has 0 amide bonds. The largest absolute Gasteiger partial charge is 0.481 e. The molecule has 1 unspecified atom stereocenters. The highest BCUT2D eigenvalue weighted by atomic mass is 16.4. The number of hydrogen-bond acceptors (Lipinski definition) is 2. The minimum atomic E-state index is -0.655. The monoisotopic (exact) mass is 169 g/mol. The molecule has 12 heavy (non-hydrogen) atoms. The van der Waals surface area contributed by atoms with Crippen LogP contribution in [0, 0.1) is 0 Å². The molecular formula is C9H15NO2. The Morgan fingerprint density at radius 3 is 2.58 bits per heavy atom. The van der Waals surface area contributed by atoms with Crippen LogP contribution in [0.3, 0.4) is 0 Å². The third-order valence-electron chi connectivity index (χ3n) is 2.90. The molecule has 3 nitrogen and oxygen atoms in total. The summed E-state index contributed by atoms with van der Waals surface area (Å²) in [6.45, 7) is 1.20. The van der Waals surface area contributed by atoms with Gasteiger partial charge in [0.2, 0.25) is 0 Å². The molecule has 1 saturated carbocycles. The van der Waals surface area contributed by atoms with Crippen molar-refractivity contribution in [1.29, 1.82) is 0 Å². The lowest BCUT2D eigenvalue weighted by Gasteiger charge is -2.41. The lowest BCUT2D eigenvalue weighted by Crippen LogP contribution is -2.48. The summed E-state index contributed by atoms with van der Waals surface area (Å²) in [5.74, 6) is -0.655. The number of rotatable bonds is 4. The van der Waals surface area contributed by atoms with Crippen LogP contribution >= 0.6 is 0 Å². The first-order chi connectivity index (χ1) is 5.77. The molecule has 2 fully saturated rings. The molecule has 0 radical (unpaired) electrons. The van der Waals surface area contributed by atoms with Gasteiger partial charge in [0, 0.05) is 25.0 Å². The van der Waals surface area contributed by atoms with Gasteiger partial charge in [0.05, 0.1) is 0 Å². The highest BCUT2D eigenvalue weighted by Gasteiger charge is 2.38. The van der Waals surface area contributed by atoms with Crippen molar-refractivity contribution in [3.63, 3.8) is 0 Å². The summed E-state index contributed by atoms with van der Waals surface area (Å²) in [6.07, 6.45) is 5.08. The quantitative estimate of drug-likeness (QED) is 0.684. The van der Waals surface area contributed by atoms with Crippen molar-refractivity contribution in [3.8, 4) is 0 Å². The summed E-state index contributed by atoms with van der Waals surface area (Å²) in [5.41, 5.74) is 0. The fraction of sp³-hybridized carbons (Fsp3) is 0.889. The van der Waals surface area contributed by atoms with Crippen LogP contribution < -0.4 is 0 Å². The van der Waals surface area contributed by atoms with Crippen molar-refractivity contribution in [1.82, 2.24) is 4.90 Å². The van der Waals surface area contributed by atoms with E-state index in [9.17, 15) is 4.79 Å². The summed E-state index contributed by atoms with van der Waals surface area (Å²) >= 11 is 0. The van der Waals surface area contributed by atoms with Crippen molar-refractivity contribution in [2.24, 2.45) is 0 Å². The van der Waals surface area contributed by atoms with Crippen LogP contribution in [0.4, 0.5) is 0 Å². The van der Waals surface area contributed by atoms with Gasteiger partial charge >= 0.3 is 5.97 Å². The van der Waals surface area contributed by atoms with Crippen molar-refractivity contribution in [2.75, 3.05) is 6.54 Å². The third kappa shape index (κ3) is 1.61. The van der Waals surface area contributed by atoms with Gasteiger partial charge in [-0.2, -0.15) is 0 Å². The molecule has 0 aromatic rings. The predicted molar refractivity (Wildman–Crippen MR) is 45.0 cm³/mol. The molecule has 1 aliphatic carbocycles. The fourth-order valence-electron chi connectivity index (χ4n) is 1.95. The fourth-order valence-corrected chi connectivity index (χ4v) is 1.95. The van der Waals surface area contributed by atoms with Crippen LogP contribution in [0.25, 0.3) is 0 Å². The summed E-state index contributed by atoms with van der Waals surface area (Å²) in [7, 11) is 0. The Morgan fingerprint density at radius 1 is 1.42 bits per heavy atom. The summed E-state index contributed by atoms with van der Waals surface area (Å²) < 4.78 is 0. The van der Waals surface area contributed by atoms with E-state index in [1.807, 2.05) is 0 Å². The average Bonchev–Trinajstić information content (AvgIpc) is 2.68. The van der Waals surface area contributed by atoms with Crippen molar-refractivity contribution in [2.45, 2.75) is 44.2 Å². The molecule has 1 aliphatic heterocycles. The number of carboxylic acids is 1.